The van der Waals surface area contributed by atoms with Crippen molar-refractivity contribution in [2.75, 3.05) is 17.0 Å². The van der Waals surface area contributed by atoms with Gasteiger partial charge in [-0.15, -0.1) is 0 Å². The Morgan fingerprint density at radius 1 is 0.912 bits per heavy atom. The minimum Gasteiger partial charge on any atom is -0.464 e. The van der Waals surface area contributed by atoms with Crippen molar-refractivity contribution >= 4 is 57.9 Å². The lowest BCUT2D eigenvalue weighted by molar-refractivity contribution is -0.132. The highest BCUT2D eigenvalue weighted by molar-refractivity contribution is 8.29. The van der Waals surface area contributed by atoms with Crippen LogP contribution in [-0.2, 0) is 14.3 Å². The summed E-state index contributed by atoms with van der Waals surface area (Å²) < 4.78 is 3.91. The second-order valence-electron chi connectivity index (χ2n) is 7.69. The van der Waals surface area contributed by atoms with E-state index in [4.69, 9.17) is 4.74 Å². The first-order valence-electron chi connectivity index (χ1n) is 10.6. The molecule has 170 valence electrons. The molecule has 0 unspecified atom stereocenters. The molecule has 0 aromatic heterocycles. The minimum atomic E-state index is -1.07. The highest BCUT2D eigenvalue weighted by atomic mass is 32.2. The summed E-state index contributed by atoms with van der Waals surface area (Å²) in [5.74, 6) is -0.702. The third-order valence-corrected chi connectivity index (χ3v) is 8.07. The molecule has 3 aromatic carbocycles. The zero-order valence-electron chi connectivity index (χ0n) is 18.5. The summed E-state index contributed by atoms with van der Waals surface area (Å²) in [6.45, 7) is 2.01. The van der Waals surface area contributed by atoms with E-state index in [0.717, 1.165) is 16.8 Å². The van der Waals surface area contributed by atoms with Crippen molar-refractivity contribution in [3.8, 4) is 0 Å². The van der Waals surface area contributed by atoms with Crippen LogP contribution in [0, 0.1) is 6.92 Å². The number of carbonyl (C=O) groups is 2. The summed E-state index contributed by atoms with van der Waals surface area (Å²) in [4.78, 5) is 28.7. The van der Waals surface area contributed by atoms with Crippen molar-refractivity contribution in [2.24, 2.45) is 5.10 Å². The first-order chi connectivity index (χ1) is 16.5. The fourth-order valence-corrected chi connectivity index (χ4v) is 6.64. The molecule has 6 nitrogen and oxygen atoms in total. The fourth-order valence-electron chi connectivity index (χ4n) is 3.75. The van der Waals surface area contributed by atoms with Crippen LogP contribution in [0.4, 0.5) is 11.4 Å². The summed E-state index contributed by atoms with van der Waals surface area (Å²) >= 11 is 2.58. The molecule has 2 heterocycles. The number of amides is 1. The molecule has 5 rings (SSSR count). The van der Waals surface area contributed by atoms with Crippen LogP contribution < -0.4 is 9.91 Å². The quantitative estimate of drug-likeness (QED) is 0.359. The van der Waals surface area contributed by atoms with Crippen LogP contribution in [0.2, 0.25) is 0 Å². The van der Waals surface area contributed by atoms with Gasteiger partial charge < -0.3 is 4.74 Å². The van der Waals surface area contributed by atoms with Gasteiger partial charge in [0.25, 0.3) is 5.91 Å². The molecular formula is C26H21N3O3S2. The lowest BCUT2D eigenvalue weighted by Gasteiger charge is -2.38. The van der Waals surface area contributed by atoms with Crippen molar-refractivity contribution in [3.05, 3.63) is 101 Å². The molecule has 0 aliphatic carbocycles. The van der Waals surface area contributed by atoms with Crippen LogP contribution in [0.1, 0.15) is 11.1 Å². The average Bonchev–Trinajstić information content (AvgIpc) is 3.37. The molecule has 2 aliphatic rings. The minimum absolute atomic E-state index is 0.161. The van der Waals surface area contributed by atoms with Gasteiger partial charge >= 0.3 is 5.97 Å². The normalized spacial score (nSPS) is 20.8. The van der Waals surface area contributed by atoms with Gasteiger partial charge in [0, 0.05) is 5.69 Å². The van der Waals surface area contributed by atoms with E-state index in [9.17, 15) is 9.59 Å². The monoisotopic (exact) mass is 487 g/mol. The molecule has 0 saturated carbocycles. The summed E-state index contributed by atoms with van der Waals surface area (Å²) in [6.07, 6.45) is 1.88. The summed E-state index contributed by atoms with van der Waals surface area (Å²) in [7, 11) is 1.33. The van der Waals surface area contributed by atoms with Gasteiger partial charge in [-0.25, -0.2) is 9.80 Å². The third-order valence-electron chi connectivity index (χ3n) is 5.38. The van der Waals surface area contributed by atoms with Crippen LogP contribution in [-0.4, -0.2) is 28.4 Å². The predicted molar refractivity (Wildman–Crippen MR) is 139 cm³/mol. The SMILES string of the molecule is COC(=O)C1=NN(c2ccc(C)cc2)[C@]2(S1)S/C(=C/c1ccccc1)C(=O)N2c1ccccc1. The van der Waals surface area contributed by atoms with Crippen molar-refractivity contribution in [2.45, 2.75) is 11.3 Å². The van der Waals surface area contributed by atoms with Gasteiger partial charge in [0.1, 0.15) is 0 Å². The number of carbonyl (C=O) groups excluding carboxylic acids is 2. The molecule has 1 saturated heterocycles. The number of ether oxygens (including phenoxy) is 1. The number of thioether (sulfide) groups is 2. The second-order valence-corrected chi connectivity index (χ2v) is 10.3. The average molecular weight is 488 g/mol. The molecule has 0 N–H and O–H groups in total. The Balaban J connectivity index is 1.69. The first kappa shape index (κ1) is 22.3. The number of anilines is 2. The van der Waals surface area contributed by atoms with Crippen LogP contribution in [0.3, 0.4) is 0 Å². The molecule has 3 aromatic rings. The van der Waals surface area contributed by atoms with Crippen LogP contribution in [0.25, 0.3) is 6.08 Å². The topological polar surface area (TPSA) is 62.2 Å². The zero-order chi connectivity index (χ0) is 23.7. The van der Waals surface area contributed by atoms with E-state index in [-0.39, 0.29) is 11.0 Å². The largest absolute Gasteiger partial charge is 0.464 e. The van der Waals surface area contributed by atoms with Gasteiger partial charge in [-0.2, -0.15) is 5.10 Å². The van der Waals surface area contributed by atoms with E-state index >= 15 is 0 Å². The summed E-state index contributed by atoms with van der Waals surface area (Å²) in [5, 5.41) is 6.57. The third kappa shape index (κ3) is 3.89. The van der Waals surface area contributed by atoms with Gasteiger partial charge in [0.05, 0.1) is 17.7 Å². The Morgan fingerprint density at radius 2 is 1.56 bits per heavy atom. The molecule has 1 fully saturated rings. The number of aryl methyl sites for hydroxylation is 1. The van der Waals surface area contributed by atoms with E-state index < -0.39 is 10.3 Å². The predicted octanol–water partition coefficient (Wildman–Crippen LogP) is 5.47. The van der Waals surface area contributed by atoms with Crippen LogP contribution in [0.5, 0.6) is 0 Å². The number of esters is 1. The Morgan fingerprint density at radius 3 is 2.21 bits per heavy atom. The maximum absolute atomic E-state index is 13.9. The van der Waals surface area contributed by atoms with Crippen LogP contribution in [0.15, 0.2) is 94.9 Å². The Bertz CT molecular complexity index is 1290. The highest BCUT2D eigenvalue weighted by Gasteiger charge is 2.60. The molecule has 34 heavy (non-hydrogen) atoms. The van der Waals surface area contributed by atoms with E-state index in [0.29, 0.717) is 10.6 Å². The number of benzene rings is 3. The number of nitrogens with zero attached hydrogens (tertiary/aromatic N) is 3. The van der Waals surface area contributed by atoms with Gasteiger partial charge in [0.2, 0.25) is 9.37 Å². The van der Waals surface area contributed by atoms with Gasteiger partial charge in [0.15, 0.2) is 0 Å². The number of methoxy groups -OCH3 is 1. The summed E-state index contributed by atoms with van der Waals surface area (Å²) in [5.41, 5.74) is 3.49. The number of hydrogen-bond donors (Lipinski definition) is 0. The van der Waals surface area contributed by atoms with Crippen molar-refractivity contribution in [1.82, 2.24) is 0 Å². The fraction of sp³-hybridized carbons (Fsp3) is 0.115. The van der Waals surface area contributed by atoms with E-state index in [2.05, 4.69) is 5.10 Å². The first-order valence-corrected chi connectivity index (χ1v) is 12.2. The molecule has 8 heteroatoms. The molecule has 1 amide bonds. The molecule has 0 radical (unpaired) electrons. The lowest BCUT2D eigenvalue weighted by Crippen LogP contribution is -2.51. The maximum atomic E-state index is 13.9. The Hall–Kier alpha value is -3.49. The number of para-hydroxylation sites is 1. The molecule has 1 spiro atoms. The number of hydrogen-bond acceptors (Lipinski definition) is 7. The van der Waals surface area contributed by atoms with E-state index in [1.807, 2.05) is 97.9 Å². The standard InChI is InChI=1S/C26H21N3O3S2/c1-18-13-15-21(16-14-18)29-26(34-23(27-29)25(31)32-2)28(20-11-7-4-8-12-20)24(30)22(33-26)17-19-9-5-3-6-10-19/h3-17H,1-2H3/b22-17+/t26-/m0/s1. The Labute approximate surface area is 206 Å². The highest BCUT2D eigenvalue weighted by Crippen LogP contribution is 2.59. The van der Waals surface area contributed by atoms with Gasteiger partial charge in [-0.3, -0.25) is 9.69 Å². The molecule has 0 bridgehead atoms. The van der Waals surface area contributed by atoms with E-state index in [1.54, 1.807) is 9.91 Å². The lowest BCUT2D eigenvalue weighted by atomic mass is 10.2. The van der Waals surface area contributed by atoms with Crippen LogP contribution >= 0.6 is 23.5 Å². The zero-order valence-corrected chi connectivity index (χ0v) is 20.2. The summed E-state index contributed by atoms with van der Waals surface area (Å²) in [6, 6.07) is 27.0. The Kier molecular flexibility index (Phi) is 5.93. The van der Waals surface area contributed by atoms with Gasteiger partial charge in [-0.1, -0.05) is 78.0 Å². The van der Waals surface area contributed by atoms with Crippen molar-refractivity contribution in [1.29, 1.82) is 0 Å². The number of hydrazone groups is 1. The number of rotatable bonds is 4. The molecular weight excluding hydrogens is 466 g/mol. The van der Waals surface area contributed by atoms with Crippen molar-refractivity contribution < 1.29 is 14.3 Å². The maximum Gasteiger partial charge on any atom is 0.365 e. The second kappa shape index (κ2) is 9.04. The molecule has 1 atom stereocenters. The smallest absolute Gasteiger partial charge is 0.365 e. The molecule has 2 aliphatic heterocycles. The van der Waals surface area contributed by atoms with E-state index in [1.165, 1.54) is 30.6 Å². The van der Waals surface area contributed by atoms with Gasteiger partial charge in [-0.05, 0) is 54.6 Å². The van der Waals surface area contributed by atoms with Crippen molar-refractivity contribution in [3.63, 3.8) is 0 Å².